The van der Waals surface area contributed by atoms with E-state index >= 15 is 0 Å². The van der Waals surface area contributed by atoms with E-state index < -0.39 is 24.5 Å². The quantitative estimate of drug-likeness (QED) is 0.680. The first kappa shape index (κ1) is 10.1. The van der Waals surface area contributed by atoms with Crippen LogP contribution in [0.1, 0.15) is 19.3 Å². The monoisotopic (exact) mass is 216 g/mol. The maximum Gasteiger partial charge on any atom is 0.506 e. The predicted molar refractivity (Wildman–Crippen MR) is 46.6 cm³/mol. The lowest BCUT2D eigenvalue weighted by molar-refractivity contribution is -0.0626. The minimum atomic E-state index is -1.37. The van der Waals surface area contributed by atoms with Crippen LogP contribution >= 0.6 is 0 Å². The van der Waals surface area contributed by atoms with Crippen molar-refractivity contribution >= 4 is 12.3 Å². The average Bonchev–Trinajstić information content (AvgIpc) is 2.67. The zero-order valence-corrected chi connectivity index (χ0v) is 7.96. The van der Waals surface area contributed by atoms with Crippen LogP contribution in [-0.2, 0) is 9.47 Å². The van der Waals surface area contributed by atoms with E-state index in [1.54, 1.807) is 0 Å². The Labute approximate surface area is 85.8 Å². The van der Waals surface area contributed by atoms with Crippen molar-refractivity contribution in [3.63, 3.8) is 0 Å². The highest BCUT2D eigenvalue weighted by Gasteiger charge is 2.52. The Hall–Kier alpha value is -1.46. The summed E-state index contributed by atoms with van der Waals surface area (Å²) in [6, 6.07) is 0. The van der Waals surface area contributed by atoms with Gasteiger partial charge in [0.05, 0.1) is 0 Å². The van der Waals surface area contributed by atoms with Gasteiger partial charge in [-0.3, -0.25) is 0 Å². The second kappa shape index (κ2) is 3.60. The van der Waals surface area contributed by atoms with Crippen LogP contribution in [0.15, 0.2) is 0 Å². The van der Waals surface area contributed by atoms with Gasteiger partial charge in [-0.2, -0.15) is 0 Å². The molecule has 15 heavy (non-hydrogen) atoms. The third-order valence-electron chi connectivity index (χ3n) is 3.24. The van der Waals surface area contributed by atoms with Gasteiger partial charge in [0.2, 0.25) is 0 Å². The number of carboxylic acid groups (broad SMARTS) is 2. The Balaban J connectivity index is 2.05. The predicted octanol–water partition coefficient (Wildman–Crippen LogP) is 1.54. The Morgan fingerprint density at radius 3 is 1.67 bits per heavy atom. The molecule has 4 atom stereocenters. The topological polar surface area (TPSA) is 93.1 Å². The molecule has 0 heterocycles. The van der Waals surface area contributed by atoms with Crippen LogP contribution < -0.4 is 0 Å². The zero-order chi connectivity index (χ0) is 11.0. The number of rotatable bonds is 2. The fourth-order valence-corrected chi connectivity index (χ4v) is 2.75. The van der Waals surface area contributed by atoms with Crippen molar-refractivity contribution < 1.29 is 29.3 Å². The van der Waals surface area contributed by atoms with Gasteiger partial charge in [0.15, 0.2) is 0 Å². The third-order valence-corrected chi connectivity index (χ3v) is 3.24. The molecule has 2 bridgehead atoms. The standard InChI is InChI=1S/C9H12O6/c10-8(11)14-6-4-1-2-5(3-4)7(6)15-9(12)13/h4-7H,1-3H2,(H,10,11)(H,12,13). The summed E-state index contributed by atoms with van der Waals surface area (Å²) in [5, 5.41) is 17.1. The molecule has 0 spiro atoms. The minimum Gasteiger partial charge on any atom is -0.450 e. The Bertz CT molecular complexity index is 260. The lowest BCUT2D eigenvalue weighted by atomic mass is 9.95. The fraction of sp³-hybridized carbons (Fsp3) is 0.778. The first-order valence-electron chi connectivity index (χ1n) is 4.87. The number of ether oxygens (including phenoxy) is 2. The summed E-state index contributed by atoms with van der Waals surface area (Å²) in [5.41, 5.74) is 0. The van der Waals surface area contributed by atoms with E-state index in [9.17, 15) is 9.59 Å². The molecule has 2 rings (SSSR count). The summed E-state index contributed by atoms with van der Waals surface area (Å²) in [6.07, 6.45) is -1.38. The van der Waals surface area contributed by atoms with Crippen molar-refractivity contribution in [2.45, 2.75) is 31.5 Å². The molecule has 0 amide bonds. The lowest BCUT2D eigenvalue weighted by Crippen LogP contribution is -2.39. The summed E-state index contributed by atoms with van der Waals surface area (Å²) in [6.45, 7) is 0. The van der Waals surface area contributed by atoms with E-state index in [-0.39, 0.29) is 11.8 Å². The summed E-state index contributed by atoms with van der Waals surface area (Å²) >= 11 is 0. The van der Waals surface area contributed by atoms with Crippen LogP contribution in [0.3, 0.4) is 0 Å². The summed E-state index contributed by atoms with van der Waals surface area (Å²) < 4.78 is 9.37. The normalized spacial score (nSPS) is 37.6. The van der Waals surface area contributed by atoms with Gasteiger partial charge in [-0.1, -0.05) is 0 Å². The SMILES string of the molecule is O=C(O)OC1C2CCC(C2)C1OC(=O)O. The van der Waals surface area contributed by atoms with Gasteiger partial charge in [-0.05, 0) is 19.3 Å². The van der Waals surface area contributed by atoms with Crippen LogP contribution in [0.2, 0.25) is 0 Å². The van der Waals surface area contributed by atoms with Crippen LogP contribution in [0.25, 0.3) is 0 Å². The lowest BCUT2D eigenvalue weighted by Gasteiger charge is -2.28. The van der Waals surface area contributed by atoms with Crippen LogP contribution in [0.4, 0.5) is 9.59 Å². The Morgan fingerprint density at radius 1 is 0.933 bits per heavy atom. The number of hydrogen-bond acceptors (Lipinski definition) is 4. The second-order valence-corrected chi connectivity index (χ2v) is 4.03. The molecule has 2 aliphatic carbocycles. The van der Waals surface area contributed by atoms with Crippen LogP contribution in [-0.4, -0.2) is 34.7 Å². The molecule has 0 aromatic rings. The van der Waals surface area contributed by atoms with Gasteiger partial charge >= 0.3 is 12.3 Å². The van der Waals surface area contributed by atoms with Crippen molar-refractivity contribution in [3.8, 4) is 0 Å². The molecular weight excluding hydrogens is 204 g/mol. The average molecular weight is 216 g/mol. The van der Waals surface area contributed by atoms with Gasteiger partial charge in [0.25, 0.3) is 0 Å². The highest BCUT2D eigenvalue weighted by Crippen LogP contribution is 2.47. The Morgan fingerprint density at radius 2 is 1.33 bits per heavy atom. The second-order valence-electron chi connectivity index (χ2n) is 4.03. The molecule has 2 saturated carbocycles. The van der Waals surface area contributed by atoms with Crippen molar-refractivity contribution in [3.05, 3.63) is 0 Å². The molecule has 84 valence electrons. The minimum absolute atomic E-state index is 0.121. The molecule has 2 fully saturated rings. The maximum atomic E-state index is 10.4. The molecule has 2 aliphatic rings. The number of hydrogen-bond donors (Lipinski definition) is 2. The van der Waals surface area contributed by atoms with E-state index in [2.05, 4.69) is 9.47 Å². The number of fused-ring (bicyclic) bond motifs is 2. The highest BCUT2D eigenvalue weighted by molar-refractivity contribution is 5.58. The molecule has 0 aliphatic heterocycles. The van der Waals surface area contributed by atoms with E-state index in [1.165, 1.54) is 0 Å². The molecule has 0 radical (unpaired) electrons. The first-order valence-corrected chi connectivity index (χ1v) is 4.87. The van der Waals surface area contributed by atoms with Crippen molar-refractivity contribution in [1.29, 1.82) is 0 Å². The van der Waals surface area contributed by atoms with Crippen molar-refractivity contribution in [2.24, 2.45) is 11.8 Å². The molecule has 4 unspecified atom stereocenters. The molecule has 0 saturated heterocycles. The van der Waals surface area contributed by atoms with Gasteiger partial charge in [0, 0.05) is 11.8 Å². The van der Waals surface area contributed by atoms with Gasteiger partial charge < -0.3 is 19.7 Å². The van der Waals surface area contributed by atoms with Crippen LogP contribution in [0, 0.1) is 11.8 Å². The van der Waals surface area contributed by atoms with Gasteiger partial charge in [-0.15, -0.1) is 0 Å². The zero-order valence-electron chi connectivity index (χ0n) is 7.96. The van der Waals surface area contributed by atoms with Gasteiger partial charge in [-0.25, -0.2) is 9.59 Å². The first-order chi connectivity index (χ1) is 7.08. The molecule has 0 aromatic heterocycles. The summed E-state index contributed by atoms with van der Waals surface area (Å²) in [7, 11) is 0. The van der Waals surface area contributed by atoms with E-state index in [0.717, 1.165) is 19.3 Å². The van der Waals surface area contributed by atoms with Crippen LogP contribution in [0.5, 0.6) is 0 Å². The largest absolute Gasteiger partial charge is 0.506 e. The summed E-state index contributed by atoms with van der Waals surface area (Å²) in [4.78, 5) is 20.9. The molecule has 0 aromatic carbocycles. The Kier molecular flexibility index (Phi) is 2.42. The third kappa shape index (κ3) is 1.84. The smallest absolute Gasteiger partial charge is 0.450 e. The molecule has 6 heteroatoms. The highest BCUT2D eigenvalue weighted by atomic mass is 16.7. The van der Waals surface area contributed by atoms with Crippen molar-refractivity contribution in [1.82, 2.24) is 0 Å². The van der Waals surface area contributed by atoms with Crippen molar-refractivity contribution in [2.75, 3.05) is 0 Å². The van der Waals surface area contributed by atoms with E-state index in [0.29, 0.717) is 0 Å². The number of carbonyl (C=O) groups is 2. The van der Waals surface area contributed by atoms with E-state index in [4.69, 9.17) is 10.2 Å². The van der Waals surface area contributed by atoms with E-state index in [1.807, 2.05) is 0 Å². The molecule has 2 N–H and O–H groups in total. The molecular formula is C9H12O6. The fourth-order valence-electron chi connectivity index (χ4n) is 2.75. The maximum absolute atomic E-state index is 10.4. The van der Waals surface area contributed by atoms with Gasteiger partial charge in [0.1, 0.15) is 12.2 Å². The molecule has 6 nitrogen and oxygen atoms in total. The summed E-state index contributed by atoms with van der Waals surface area (Å²) in [5.74, 6) is 0.242.